The van der Waals surface area contributed by atoms with E-state index in [1.165, 1.54) is 0 Å². The van der Waals surface area contributed by atoms with Gasteiger partial charge in [-0.25, -0.2) is 0 Å². The molecule has 0 aliphatic heterocycles. The molecule has 21 heavy (non-hydrogen) atoms. The number of nitrogens with two attached hydrogens (primary N) is 1. The summed E-state index contributed by atoms with van der Waals surface area (Å²) in [4.78, 5) is 12.2. The number of allylic oxidation sites excluding steroid dienone is 1. The van der Waals surface area contributed by atoms with Crippen LogP contribution in [0.1, 0.15) is 39.7 Å². The third-order valence-electron chi connectivity index (χ3n) is 3.47. The molecule has 4 heteroatoms. The molecule has 0 saturated carbocycles. The van der Waals surface area contributed by atoms with Crippen molar-refractivity contribution in [3.8, 4) is 5.75 Å². The molecule has 1 amide bonds. The standard InChI is InChI=1S/C17H26N2O2/c1-6-8-13-11-14(18)9-10-15(13)21-12(3)16(20)19-17(4,5)7-2/h6,9-12H,1,7-8,18H2,2-5H3,(H,19,20). The summed E-state index contributed by atoms with van der Waals surface area (Å²) < 4.78 is 5.79. The fourth-order valence-corrected chi connectivity index (χ4v) is 1.80. The molecule has 0 heterocycles. The van der Waals surface area contributed by atoms with E-state index in [0.29, 0.717) is 17.9 Å². The highest BCUT2D eigenvalue weighted by atomic mass is 16.5. The molecule has 3 N–H and O–H groups in total. The zero-order chi connectivity index (χ0) is 16.0. The Labute approximate surface area is 127 Å². The molecular formula is C17H26N2O2. The summed E-state index contributed by atoms with van der Waals surface area (Å²) in [6.07, 6.45) is 2.72. The van der Waals surface area contributed by atoms with Crippen LogP contribution in [0.4, 0.5) is 5.69 Å². The molecule has 1 rings (SSSR count). The molecule has 0 fully saturated rings. The highest BCUT2D eigenvalue weighted by molar-refractivity contribution is 5.81. The van der Waals surface area contributed by atoms with Crippen LogP contribution >= 0.6 is 0 Å². The van der Waals surface area contributed by atoms with E-state index in [4.69, 9.17) is 10.5 Å². The Bertz CT molecular complexity index is 510. The van der Waals surface area contributed by atoms with Gasteiger partial charge in [-0.1, -0.05) is 13.0 Å². The van der Waals surface area contributed by atoms with E-state index < -0.39 is 6.10 Å². The van der Waals surface area contributed by atoms with E-state index in [1.807, 2.05) is 26.8 Å². The summed E-state index contributed by atoms with van der Waals surface area (Å²) in [6, 6.07) is 5.41. The largest absolute Gasteiger partial charge is 0.481 e. The zero-order valence-corrected chi connectivity index (χ0v) is 13.4. The number of ether oxygens (including phenoxy) is 1. The lowest BCUT2D eigenvalue weighted by Crippen LogP contribution is -2.48. The van der Waals surface area contributed by atoms with Crippen molar-refractivity contribution in [3.05, 3.63) is 36.4 Å². The molecule has 0 radical (unpaired) electrons. The Hall–Kier alpha value is -1.97. The minimum absolute atomic E-state index is 0.122. The molecule has 0 aromatic heterocycles. The number of benzene rings is 1. The normalized spacial score (nSPS) is 12.6. The SMILES string of the molecule is C=CCc1cc(N)ccc1OC(C)C(=O)NC(C)(C)CC. The van der Waals surface area contributed by atoms with Crippen molar-refractivity contribution in [1.82, 2.24) is 5.32 Å². The first-order valence-electron chi connectivity index (χ1n) is 7.27. The highest BCUT2D eigenvalue weighted by Crippen LogP contribution is 2.23. The summed E-state index contributed by atoms with van der Waals surface area (Å²) in [5, 5.41) is 2.98. The molecular weight excluding hydrogens is 264 g/mol. The average molecular weight is 290 g/mol. The van der Waals surface area contributed by atoms with E-state index in [9.17, 15) is 4.79 Å². The summed E-state index contributed by atoms with van der Waals surface area (Å²) in [5.41, 5.74) is 7.14. The van der Waals surface area contributed by atoms with Crippen LogP contribution in [0.3, 0.4) is 0 Å². The van der Waals surface area contributed by atoms with Crippen LogP contribution in [0.2, 0.25) is 0 Å². The predicted molar refractivity (Wildman–Crippen MR) is 87.4 cm³/mol. The lowest BCUT2D eigenvalue weighted by Gasteiger charge is -2.27. The third kappa shape index (κ3) is 5.14. The zero-order valence-electron chi connectivity index (χ0n) is 13.4. The smallest absolute Gasteiger partial charge is 0.261 e. The second kappa shape index (κ2) is 7.16. The van der Waals surface area contributed by atoms with Gasteiger partial charge in [0, 0.05) is 11.2 Å². The lowest BCUT2D eigenvalue weighted by molar-refractivity contribution is -0.129. The Morgan fingerprint density at radius 2 is 2.19 bits per heavy atom. The number of nitrogen functional groups attached to an aromatic ring is 1. The Balaban J connectivity index is 2.80. The Kier molecular flexibility index (Phi) is 5.82. The van der Waals surface area contributed by atoms with Crippen molar-refractivity contribution in [2.75, 3.05) is 5.73 Å². The van der Waals surface area contributed by atoms with Crippen LogP contribution in [0.25, 0.3) is 0 Å². The third-order valence-corrected chi connectivity index (χ3v) is 3.47. The van der Waals surface area contributed by atoms with Crippen LogP contribution in [-0.4, -0.2) is 17.6 Å². The second-order valence-electron chi connectivity index (χ2n) is 5.85. The second-order valence-corrected chi connectivity index (χ2v) is 5.85. The number of carbonyl (C=O) groups excluding carboxylic acids is 1. The molecule has 116 valence electrons. The number of anilines is 1. The van der Waals surface area contributed by atoms with Crippen LogP contribution in [-0.2, 0) is 11.2 Å². The van der Waals surface area contributed by atoms with Gasteiger partial charge in [0.05, 0.1) is 0 Å². The van der Waals surface area contributed by atoms with Gasteiger partial charge >= 0.3 is 0 Å². The molecule has 1 aromatic rings. The summed E-state index contributed by atoms with van der Waals surface area (Å²) in [6.45, 7) is 11.5. The molecule has 1 atom stereocenters. The van der Waals surface area contributed by atoms with Crippen molar-refractivity contribution in [3.63, 3.8) is 0 Å². The fraction of sp³-hybridized carbons (Fsp3) is 0.471. The maximum absolute atomic E-state index is 12.2. The lowest BCUT2D eigenvalue weighted by atomic mass is 10.0. The molecule has 0 spiro atoms. The predicted octanol–water partition coefficient (Wildman–Crippen LogP) is 3.07. The van der Waals surface area contributed by atoms with Crippen molar-refractivity contribution in [1.29, 1.82) is 0 Å². The molecule has 0 aliphatic carbocycles. The van der Waals surface area contributed by atoms with Gasteiger partial charge in [0.2, 0.25) is 0 Å². The number of hydrogen-bond donors (Lipinski definition) is 2. The van der Waals surface area contributed by atoms with E-state index >= 15 is 0 Å². The van der Waals surface area contributed by atoms with Gasteiger partial charge in [-0.15, -0.1) is 6.58 Å². The Morgan fingerprint density at radius 3 is 2.76 bits per heavy atom. The van der Waals surface area contributed by atoms with E-state index in [2.05, 4.69) is 11.9 Å². The van der Waals surface area contributed by atoms with E-state index in [0.717, 1.165) is 12.0 Å². The quantitative estimate of drug-likeness (QED) is 0.599. The maximum atomic E-state index is 12.2. The first-order chi connectivity index (χ1) is 9.79. The van der Waals surface area contributed by atoms with Gasteiger partial charge in [-0.05, 0) is 57.4 Å². The van der Waals surface area contributed by atoms with Crippen molar-refractivity contribution >= 4 is 11.6 Å². The highest BCUT2D eigenvalue weighted by Gasteiger charge is 2.23. The fourth-order valence-electron chi connectivity index (χ4n) is 1.80. The number of nitrogens with one attached hydrogen (secondary N) is 1. The van der Waals surface area contributed by atoms with Gasteiger partial charge in [-0.3, -0.25) is 4.79 Å². The summed E-state index contributed by atoms with van der Waals surface area (Å²) in [7, 11) is 0. The summed E-state index contributed by atoms with van der Waals surface area (Å²) >= 11 is 0. The van der Waals surface area contributed by atoms with Crippen LogP contribution < -0.4 is 15.8 Å². The number of hydrogen-bond acceptors (Lipinski definition) is 3. The molecule has 1 unspecified atom stereocenters. The minimum Gasteiger partial charge on any atom is -0.481 e. The van der Waals surface area contributed by atoms with Gasteiger partial charge in [0.25, 0.3) is 5.91 Å². The summed E-state index contributed by atoms with van der Waals surface area (Å²) in [5.74, 6) is 0.546. The van der Waals surface area contributed by atoms with Crippen molar-refractivity contribution in [2.24, 2.45) is 0 Å². The van der Waals surface area contributed by atoms with Crippen molar-refractivity contribution in [2.45, 2.75) is 52.2 Å². The van der Waals surface area contributed by atoms with Gasteiger partial charge < -0.3 is 15.8 Å². The topological polar surface area (TPSA) is 64.3 Å². The van der Waals surface area contributed by atoms with Crippen LogP contribution in [0, 0.1) is 0 Å². The van der Waals surface area contributed by atoms with Gasteiger partial charge in [0.15, 0.2) is 6.10 Å². The first-order valence-corrected chi connectivity index (χ1v) is 7.27. The molecule has 4 nitrogen and oxygen atoms in total. The monoisotopic (exact) mass is 290 g/mol. The molecule has 1 aromatic carbocycles. The molecule has 0 bridgehead atoms. The minimum atomic E-state index is -0.567. The first kappa shape index (κ1) is 17.1. The van der Waals surface area contributed by atoms with Gasteiger partial charge in [0.1, 0.15) is 5.75 Å². The molecule has 0 saturated heterocycles. The van der Waals surface area contributed by atoms with Crippen molar-refractivity contribution < 1.29 is 9.53 Å². The van der Waals surface area contributed by atoms with Crippen LogP contribution in [0.15, 0.2) is 30.9 Å². The number of rotatable bonds is 7. The van der Waals surface area contributed by atoms with Crippen LogP contribution in [0.5, 0.6) is 5.75 Å². The average Bonchev–Trinajstić information content (AvgIpc) is 2.41. The van der Waals surface area contributed by atoms with E-state index in [-0.39, 0.29) is 11.4 Å². The van der Waals surface area contributed by atoms with Gasteiger partial charge in [-0.2, -0.15) is 0 Å². The molecule has 0 aliphatic rings. The number of amides is 1. The Morgan fingerprint density at radius 1 is 1.52 bits per heavy atom. The number of carbonyl (C=O) groups is 1. The maximum Gasteiger partial charge on any atom is 0.261 e. The van der Waals surface area contributed by atoms with E-state index in [1.54, 1.807) is 25.1 Å².